The van der Waals surface area contributed by atoms with Gasteiger partial charge in [-0.05, 0) is 44.7 Å². The highest BCUT2D eigenvalue weighted by molar-refractivity contribution is 5.98. The Morgan fingerprint density at radius 3 is 2.52 bits per heavy atom. The molecule has 1 aliphatic carbocycles. The number of aromatic nitrogens is 5. The van der Waals surface area contributed by atoms with Gasteiger partial charge >= 0.3 is 0 Å². The molecule has 0 radical (unpaired) electrons. The molecule has 2 aromatic heterocycles. The number of carbonyl (C=O) groups is 1. The highest BCUT2D eigenvalue weighted by Gasteiger charge is 2.43. The summed E-state index contributed by atoms with van der Waals surface area (Å²) >= 11 is 0. The van der Waals surface area contributed by atoms with Crippen molar-refractivity contribution in [3.63, 3.8) is 0 Å². The van der Waals surface area contributed by atoms with Gasteiger partial charge < -0.3 is 9.80 Å². The minimum absolute atomic E-state index is 0.0165. The lowest BCUT2D eigenvalue weighted by atomic mass is 9.97. The van der Waals surface area contributed by atoms with Crippen LogP contribution in [0.3, 0.4) is 0 Å². The van der Waals surface area contributed by atoms with Crippen LogP contribution in [-0.2, 0) is 12.8 Å². The summed E-state index contributed by atoms with van der Waals surface area (Å²) in [5.74, 6) is 1.45. The predicted octanol–water partition coefficient (Wildman–Crippen LogP) is 1.75. The maximum atomic E-state index is 13.5. The number of carbonyl (C=O) groups excluding carboxylic acids is 1. The molecule has 4 heterocycles. The second-order valence-electron chi connectivity index (χ2n) is 9.50. The molecular weight excluding hydrogens is 418 g/mol. The van der Waals surface area contributed by atoms with Crippen LogP contribution < -0.4 is 10.5 Å². The van der Waals surface area contributed by atoms with Gasteiger partial charge in [0, 0.05) is 43.6 Å². The average molecular weight is 446 g/mol. The van der Waals surface area contributed by atoms with Crippen LogP contribution in [0.15, 0.2) is 35.4 Å². The fourth-order valence-electron chi connectivity index (χ4n) is 5.58. The van der Waals surface area contributed by atoms with Crippen molar-refractivity contribution >= 4 is 11.9 Å². The number of aromatic amines is 1. The third-order valence-electron chi connectivity index (χ3n) is 7.27. The molecule has 6 rings (SSSR count). The zero-order valence-electron chi connectivity index (χ0n) is 18.7. The van der Waals surface area contributed by atoms with Gasteiger partial charge in [-0.2, -0.15) is 15.0 Å². The maximum absolute atomic E-state index is 13.5. The molecule has 3 aromatic rings. The molecule has 0 spiro atoms. The SMILES string of the molecule is Cc1ccc(-n2nccn2)c(C(=O)N2CC3CN(c4nc5c(c(=O)[nH]4)CCCC5)CC3C2)c1. The average Bonchev–Trinajstić information content (AvgIpc) is 3.55. The van der Waals surface area contributed by atoms with Crippen molar-refractivity contribution in [1.82, 2.24) is 29.9 Å². The van der Waals surface area contributed by atoms with E-state index in [2.05, 4.69) is 20.1 Å². The number of nitrogens with one attached hydrogen (secondary N) is 1. The molecule has 1 N–H and O–H groups in total. The monoisotopic (exact) mass is 445 g/mol. The number of nitrogens with zero attached hydrogens (tertiary/aromatic N) is 6. The molecule has 2 atom stereocenters. The topological polar surface area (TPSA) is 100 Å². The van der Waals surface area contributed by atoms with Gasteiger partial charge in [-0.15, -0.1) is 0 Å². The van der Waals surface area contributed by atoms with Crippen molar-refractivity contribution in [2.24, 2.45) is 11.8 Å². The summed E-state index contributed by atoms with van der Waals surface area (Å²) in [6.07, 6.45) is 7.10. The van der Waals surface area contributed by atoms with Crippen molar-refractivity contribution in [2.75, 3.05) is 31.1 Å². The molecule has 1 amide bonds. The summed E-state index contributed by atoms with van der Waals surface area (Å²) in [7, 11) is 0. The molecule has 2 fully saturated rings. The Hall–Kier alpha value is -3.49. The Labute approximate surface area is 191 Å². The van der Waals surface area contributed by atoms with Crippen molar-refractivity contribution in [1.29, 1.82) is 0 Å². The molecule has 33 heavy (non-hydrogen) atoms. The van der Waals surface area contributed by atoms with Crippen LogP contribution in [0.1, 0.15) is 40.0 Å². The predicted molar refractivity (Wildman–Crippen MR) is 123 cm³/mol. The number of aryl methyl sites for hydroxylation is 2. The van der Waals surface area contributed by atoms with Crippen LogP contribution in [0.25, 0.3) is 5.69 Å². The van der Waals surface area contributed by atoms with E-state index in [1.165, 1.54) is 4.80 Å². The summed E-state index contributed by atoms with van der Waals surface area (Å²) < 4.78 is 0. The Kier molecular flexibility index (Phi) is 4.78. The van der Waals surface area contributed by atoms with Gasteiger partial charge in [0.2, 0.25) is 5.95 Å². The van der Waals surface area contributed by atoms with Crippen LogP contribution in [0.4, 0.5) is 5.95 Å². The van der Waals surface area contributed by atoms with Crippen molar-refractivity contribution < 1.29 is 4.79 Å². The van der Waals surface area contributed by atoms with Gasteiger partial charge in [0.1, 0.15) is 0 Å². The summed E-state index contributed by atoms with van der Waals surface area (Å²) in [5.41, 5.74) is 4.20. The van der Waals surface area contributed by atoms with E-state index < -0.39 is 0 Å². The number of fused-ring (bicyclic) bond motifs is 2. The molecular formula is C24H27N7O2. The zero-order chi connectivity index (χ0) is 22.5. The van der Waals surface area contributed by atoms with E-state index in [1.807, 2.05) is 30.0 Å². The van der Waals surface area contributed by atoms with E-state index in [0.29, 0.717) is 42.1 Å². The first-order valence-electron chi connectivity index (χ1n) is 11.7. The number of anilines is 1. The molecule has 3 aliphatic rings. The molecule has 1 aromatic carbocycles. The lowest BCUT2D eigenvalue weighted by molar-refractivity contribution is 0.0782. The number of likely N-dealkylation sites (tertiary alicyclic amines) is 1. The van der Waals surface area contributed by atoms with E-state index in [0.717, 1.165) is 55.6 Å². The first-order valence-corrected chi connectivity index (χ1v) is 11.7. The lowest BCUT2D eigenvalue weighted by Gasteiger charge is -2.24. The lowest BCUT2D eigenvalue weighted by Crippen LogP contribution is -2.35. The second-order valence-corrected chi connectivity index (χ2v) is 9.50. The molecule has 2 aliphatic heterocycles. The number of benzene rings is 1. The fraction of sp³-hybridized carbons (Fsp3) is 0.458. The van der Waals surface area contributed by atoms with Crippen molar-refractivity contribution in [3.05, 3.63) is 63.3 Å². The van der Waals surface area contributed by atoms with Crippen LogP contribution in [0.2, 0.25) is 0 Å². The Balaban J connectivity index is 1.20. The zero-order valence-corrected chi connectivity index (χ0v) is 18.7. The van der Waals surface area contributed by atoms with Crippen LogP contribution >= 0.6 is 0 Å². The number of hydrogen-bond acceptors (Lipinski definition) is 6. The van der Waals surface area contributed by atoms with E-state index in [4.69, 9.17) is 4.98 Å². The largest absolute Gasteiger partial charge is 0.342 e. The highest BCUT2D eigenvalue weighted by Crippen LogP contribution is 2.34. The van der Waals surface area contributed by atoms with Gasteiger partial charge in [-0.25, -0.2) is 4.98 Å². The smallest absolute Gasteiger partial charge is 0.256 e. The number of H-pyrrole nitrogens is 1. The van der Waals surface area contributed by atoms with Gasteiger partial charge in [0.05, 0.1) is 29.3 Å². The highest BCUT2D eigenvalue weighted by atomic mass is 16.2. The fourth-order valence-corrected chi connectivity index (χ4v) is 5.58. The van der Waals surface area contributed by atoms with Crippen molar-refractivity contribution in [3.8, 4) is 5.69 Å². The molecule has 9 heteroatoms. The third-order valence-corrected chi connectivity index (χ3v) is 7.27. The van der Waals surface area contributed by atoms with E-state index in [9.17, 15) is 9.59 Å². The Morgan fingerprint density at radius 2 is 1.76 bits per heavy atom. The summed E-state index contributed by atoms with van der Waals surface area (Å²) in [5, 5.41) is 8.43. The van der Waals surface area contributed by atoms with E-state index in [-0.39, 0.29) is 11.5 Å². The standard InChI is InChI=1S/C24H27N7O2/c1-15-6-7-21(31-25-8-9-26-31)19(10-15)23(33)29-11-16-13-30(14-17(16)12-29)24-27-20-5-3-2-4-18(20)22(32)28-24/h6-10,16-17H,2-5,11-14H2,1H3,(H,27,28,32). The van der Waals surface area contributed by atoms with Crippen LogP contribution in [-0.4, -0.2) is 61.9 Å². The molecule has 0 saturated carbocycles. The minimum Gasteiger partial charge on any atom is -0.342 e. The Bertz CT molecular complexity index is 1250. The summed E-state index contributed by atoms with van der Waals surface area (Å²) in [4.78, 5) is 39.5. The quantitative estimate of drug-likeness (QED) is 0.659. The van der Waals surface area contributed by atoms with Gasteiger partial charge in [-0.3, -0.25) is 14.6 Å². The summed E-state index contributed by atoms with van der Waals surface area (Å²) in [6, 6.07) is 5.79. The minimum atomic E-state index is 0.0165. The van der Waals surface area contributed by atoms with Gasteiger partial charge in [-0.1, -0.05) is 11.6 Å². The Morgan fingerprint density at radius 1 is 1.03 bits per heavy atom. The summed E-state index contributed by atoms with van der Waals surface area (Å²) in [6.45, 7) is 5.00. The molecule has 2 unspecified atom stereocenters. The molecule has 0 bridgehead atoms. The number of rotatable bonds is 3. The first kappa shape index (κ1) is 20.1. The van der Waals surface area contributed by atoms with Gasteiger partial charge in [0.15, 0.2) is 0 Å². The molecule has 9 nitrogen and oxygen atoms in total. The normalized spacial score (nSPS) is 21.8. The van der Waals surface area contributed by atoms with Crippen LogP contribution in [0.5, 0.6) is 0 Å². The third kappa shape index (κ3) is 3.51. The number of amides is 1. The maximum Gasteiger partial charge on any atom is 0.256 e. The molecule has 2 saturated heterocycles. The first-order chi connectivity index (χ1) is 16.1. The van der Waals surface area contributed by atoms with Crippen molar-refractivity contribution in [2.45, 2.75) is 32.6 Å². The second kappa shape index (κ2) is 7.83. The molecule has 170 valence electrons. The van der Waals surface area contributed by atoms with E-state index >= 15 is 0 Å². The van der Waals surface area contributed by atoms with Crippen LogP contribution in [0, 0.1) is 18.8 Å². The number of hydrogen-bond donors (Lipinski definition) is 1. The van der Waals surface area contributed by atoms with E-state index in [1.54, 1.807) is 12.4 Å². The van der Waals surface area contributed by atoms with Gasteiger partial charge in [0.25, 0.3) is 11.5 Å².